The zero-order chi connectivity index (χ0) is 24.2. The summed E-state index contributed by atoms with van der Waals surface area (Å²) in [6.45, 7) is 4.68. The van der Waals surface area contributed by atoms with Crippen molar-refractivity contribution in [3.63, 3.8) is 0 Å². The van der Waals surface area contributed by atoms with E-state index in [1.54, 1.807) is 31.1 Å². The van der Waals surface area contributed by atoms with Crippen LogP contribution in [0.25, 0.3) is 0 Å². The fourth-order valence-electron chi connectivity index (χ4n) is 3.10. The summed E-state index contributed by atoms with van der Waals surface area (Å²) in [5, 5.41) is 13.7. The summed E-state index contributed by atoms with van der Waals surface area (Å²) in [4.78, 5) is 37.7. The van der Waals surface area contributed by atoms with Crippen LogP contribution in [0.2, 0.25) is 0 Å². The van der Waals surface area contributed by atoms with Crippen LogP contribution in [0.1, 0.15) is 37.8 Å². The molecule has 0 spiro atoms. The first-order chi connectivity index (χ1) is 15.8. The molecular formula is C24H31N3O5S. The molecule has 0 unspecified atom stereocenters. The Kier molecular flexibility index (Phi) is 10.7. The number of hydrogen-bond acceptors (Lipinski definition) is 6. The van der Waals surface area contributed by atoms with Gasteiger partial charge in [0.25, 0.3) is 5.69 Å². The zero-order valence-corrected chi connectivity index (χ0v) is 20.1. The van der Waals surface area contributed by atoms with Crippen LogP contribution in [0.3, 0.4) is 0 Å². The van der Waals surface area contributed by atoms with Gasteiger partial charge in [-0.15, -0.1) is 11.8 Å². The van der Waals surface area contributed by atoms with Crippen molar-refractivity contribution in [2.24, 2.45) is 0 Å². The topological polar surface area (TPSA) is 102 Å². The molecule has 0 aliphatic rings. The van der Waals surface area contributed by atoms with Crippen LogP contribution in [-0.2, 0) is 21.9 Å². The number of carbonyl (C=O) groups is 2. The van der Waals surface area contributed by atoms with Gasteiger partial charge in [-0.3, -0.25) is 19.7 Å². The van der Waals surface area contributed by atoms with E-state index in [1.807, 2.05) is 24.3 Å². The van der Waals surface area contributed by atoms with Gasteiger partial charge in [-0.2, -0.15) is 0 Å². The Morgan fingerprint density at radius 1 is 1.12 bits per heavy atom. The molecule has 178 valence electrons. The maximum atomic E-state index is 13.1. The largest absolute Gasteiger partial charge is 0.497 e. The second-order valence-corrected chi connectivity index (χ2v) is 8.59. The smallest absolute Gasteiger partial charge is 0.269 e. The van der Waals surface area contributed by atoms with Gasteiger partial charge in [0.15, 0.2) is 0 Å². The SMILES string of the molecule is CCCCNC(=O)[C@@H](C)N(Cc1ccc(OC)cc1)C(=O)CSCc1ccc([N+](=O)[O-])cc1. The minimum Gasteiger partial charge on any atom is -0.497 e. The Balaban J connectivity index is 2.03. The average molecular weight is 474 g/mol. The normalized spacial score (nSPS) is 11.5. The molecule has 2 aromatic rings. The Hall–Kier alpha value is -3.07. The summed E-state index contributed by atoms with van der Waals surface area (Å²) in [6.07, 6.45) is 1.86. The summed E-state index contributed by atoms with van der Waals surface area (Å²) >= 11 is 1.41. The van der Waals surface area contributed by atoms with Gasteiger partial charge in [0.05, 0.1) is 17.8 Å². The van der Waals surface area contributed by atoms with E-state index in [2.05, 4.69) is 12.2 Å². The molecule has 1 atom stereocenters. The van der Waals surface area contributed by atoms with Gasteiger partial charge in [-0.25, -0.2) is 0 Å². The monoisotopic (exact) mass is 473 g/mol. The van der Waals surface area contributed by atoms with Gasteiger partial charge in [0.2, 0.25) is 11.8 Å². The van der Waals surface area contributed by atoms with Gasteiger partial charge in [-0.05, 0) is 36.6 Å². The predicted molar refractivity (Wildman–Crippen MR) is 130 cm³/mol. The van der Waals surface area contributed by atoms with Crippen LogP contribution in [0, 0.1) is 10.1 Å². The number of nitro benzene ring substituents is 1. The standard InChI is InChI=1S/C24H31N3O5S/c1-4-5-14-25-24(29)18(2)26(15-19-8-12-22(32-3)13-9-19)23(28)17-33-16-20-6-10-21(11-7-20)27(30)31/h6-13,18H,4-5,14-17H2,1-3H3,(H,25,29)/t18-/m1/s1. The average Bonchev–Trinajstić information content (AvgIpc) is 2.82. The van der Waals surface area contributed by atoms with E-state index in [0.29, 0.717) is 18.8 Å². The molecule has 0 aliphatic heterocycles. The summed E-state index contributed by atoms with van der Waals surface area (Å²) in [5.74, 6) is 1.14. The fraction of sp³-hybridized carbons (Fsp3) is 0.417. The molecule has 0 aliphatic carbocycles. The first kappa shape index (κ1) is 26.2. The molecule has 2 amide bonds. The number of nitrogens with one attached hydrogen (secondary N) is 1. The third-order valence-electron chi connectivity index (χ3n) is 5.15. The van der Waals surface area contributed by atoms with E-state index in [9.17, 15) is 19.7 Å². The lowest BCUT2D eigenvalue weighted by atomic mass is 10.1. The highest BCUT2D eigenvalue weighted by Crippen LogP contribution is 2.19. The molecule has 0 fully saturated rings. The molecule has 0 bridgehead atoms. The molecular weight excluding hydrogens is 442 g/mol. The number of nitrogens with zero attached hydrogens (tertiary/aromatic N) is 2. The van der Waals surface area contributed by atoms with E-state index >= 15 is 0 Å². The lowest BCUT2D eigenvalue weighted by Crippen LogP contribution is -2.48. The number of methoxy groups -OCH3 is 1. The lowest BCUT2D eigenvalue weighted by molar-refractivity contribution is -0.384. The first-order valence-corrected chi connectivity index (χ1v) is 12.0. The Morgan fingerprint density at radius 2 is 1.76 bits per heavy atom. The third kappa shape index (κ3) is 8.42. The summed E-state index contributed by atoms with van der Waals surface area (Å²) in [6, 6.07) is 13.1. The highest BCUT2D eigenvalue weighted by molar-refractivity contribution is 7.99. The maximum absolute atomic E-state index is 13.1. The molecule has 33 heavy (non-hydrogen) atoms. The van der Waals surface area contributed by atoms with E-state index in [4.69, 9.17) is 4.74 Å². The van der Waals surface area contributed by atoms with Crippen molar-refractivity contribution in [1.29, 1.82) is 0 Å². The molecule has 9 heteroatoms. The van der Waals surface area contributed by atoms with Gasteiger partial charge in [0.1, 0.15) is 11.8 Å². The molecule has 0 heterocycles. The van der Waals surface area contributed by atoms with Crippen molar-refractivity contribution in [3.8, 4) is 5.75 Å². The van der Waals surface area contributed by atoms with Crippen molar-refractivity contribution < 1.29 is 19.2 Å². The molecule has 8 nitrogen and oxygen atoms in total. The minimum absolute atomic E-state index is 0.0356. The molecule has 2 aromatic carbocycles. The van der Waals surface area contributed by atoms with Gasteiger partial charge >= 0.3 is 0 Å². The van der Waals surface area contributed by atoms with Crippen molar-refractivity contribution in [2.45, 2.75) is 45.0 Å². The van der Waals surface area contributed by atoms with Crippen molar-refractivity contribution in [3.05, 3.63) is 69.8 Å². The molecule has 1 N–H and O–H groups in total. The molecule has 0 aromatic heterocycles. The highest BCUT2D eigenvalue weighted by Gasteiger charge is 2.25. The zero-order valence-electron chi connectivity index (χ0n) is 19.3. The molecule has 0 radical (unpaired) electrons. The number of non-ortho nitro benzene ring substituents is 1. The van der Waals surface area contributed by atoms with Gasteiger partial charge < -0.3 is 15.0 Å². The Bertz CT molecular complexity index is 919. The van der Waals surface area contributed by atoms with E-state index < -0.39 is 11.0 Å². The second-order valence-electron chi connectivity index (χ2n) is 7.61. The number of hydrogen-bond donors (Lipinski definition) is 1. The Morgan fingerprint density at radius 3 is 2.33 bits per heavy atom. The fourth-order valence-corrected chi connectivity index (χ4v) is 3.97. The number of nitro groups is 1. The summed E-state index contributed by atoms with van der Waals surface area (Å²) in [5.41, 5.74) is 1.83. The third-order valence-corrected chi connectivity index (χ3v) is 6.14. The highest BCUT2D eigenvalue weighted by atomic mass is 32.2. The number of unbranched alkanes of at least 4 members (excludes halogenated alkanes) is 1. The number of thioether (sulfide) groups is 1. The van der Waals surface area contributed by atoms with E-state index in [-0.39, 0.29) is 23.3 Å². The predicted octanol–water partition coefficient (Wildman–Crippen LogP) is 4.17. The minimum atomic E-state index is -0.614. The van der Waals surface area contributed by atoms with Gasteiger partial charge in [-0.1, -0.05) is 37.6 Å². The molecule has 2 rings (SSSR count). The van der Waals surface area contributed by atoms with Crippen LogP contribution in [0.5, 0.6) is 5.75 Å². The number of rotatable bonds is 13. The lowest BCUT2D eigenvalue weighted by Gasteiger charge is -2.29. The van der Waals surface area contributed by atoms with Crippen LogP contribution < -0.4 is 10.1 Å². The second kappa shape index (κ2) is 13.5. The maximum Gasteiger partial charge on any atom is 0.269 e. The van der Waals surface area contributed by atoms with Crippen molar-refractivity contribution in [1.82, 2.24) is 10.2 Å². The summed E-state index contributed by atoms with van der Waals surface area (Å²) < 4.78 is 5.19. The van der Waals surface area contributed by atoms with Crippen molar-refractivity contribution >= 4 is 29.3 Å². The van der Waals surface area contributed by atoms with Gasteiger partial charge in [0, 0.05) is 31.0 Å². The quantitative estimate of drug-likeness (QED) is 0.266. The van der Waals surface area contributed by atoms with Crippen LogP contribution in [-0.4, -0.2) is 47.1 Å². The van der Waals surface area contributed by atoms with Crippen molar-refractivity contribution in [2.75, 3.05) is 19.4 Å². The van der Waals surface area contributed by atoms with Crippen LogP contribution in [0.15, 0.2) is 48.5 Å². The number of amides is 2. The van der Waals surface area contributed by atoms with E-state index in [1.165, 1.54) is 23.9 Å². The first-order valence-electron chi connectivity index (χ1n) is 10.9. The number of benzene rings is 2. The Labute approximate surface area is 198 Å². The van der Waals surface area contributed by atoms with Crippen LogP contribution >= 0.6 is 11.8 Å². The van der Waals surface area contributed by atoms with E-state index in [0.717, 1.165) is 29.7 Å². The van der Waals surface area contributed by atoms with Crippen LogP contribution in [0.4, 0.5) is 5.69 Å². The molecule has 0 saturated carbocycles. The molecule has 0 saturated heterocycles. The summed E-state index contributed by atoms with van der Waals surface area (Å²) in [7, 11) is 1.59. The number of carbonyl (C=O) groups excluding carboxylic acids is 2. The number of ether oxygens (including phenoxy) is 1.